The third kappa shape index (κ3) is 3.16. The number of rotatable bonds is 3. The monoisotopic (exact) mass is 310 g/mol. The maximum Gasteiger partial charge on any atom is 0.363 e. The Hall–Kier alpha value is -3.28. The Morgan fingerprint density at radius 3 is 2.35 bits per heavy atom. The molecule has 0 amide bonds. The third-order valence-corrected chi connectivity index (χ3v) is 3.16. The summed E-state index contributed by atoms with van der Waals surface area (Å²) in [7, 11) is 0. The Kier molecular flexibility index (Phi) is 3.72. The zero-order valence-electron chi connectivity index (χ0n) is 11.7. The molecule has 3 rings (SSSR count). The molecular weight excluding hydrogens is 301 g/mol. The van der Waals surface area contributed by atoms with E-state index < -0.39 is 17.8 Å². The molecule has 23 heavy (non-hydrogen) atoms. The van der Waals surface area contributed by atoms with Crippen LogP contribution in [-0.2, 0) is 9.53 Å². The lowest BCUT2D eigenvalue weighted by molar-refractivity contribution is -0.255. The van der Waals surface area contributed by atoms with Crippen LogP contribution < -0.4 is 5.11 Å². The molecule has 0 spiro atoms. The first kappa shape index (κ1) is 14.6. The minimum absolute atomic E-state index is 0.0386. The number of esters is 1. The summed E-state index contributed by atoms with van der Waals surface area (Å²) >= 11 is 0. The van der Waals surface area contributed by atoms with Crippen LogP contribution in [0.5, 0.6) is 0 Å². The number of aliphatic imine (C=N–C) groups is 1. The van der Waals surface area contributed by atoms with Gasteiger partial charge < -0.3 is 14.6 Å². The first-order chi connectivity index (χ1) is 11.0. The minimum Gasteiger partial charge on any atom is -0.545 e. The van der Waals surface area contributed by atoms with Gasteiger partial charge >= 0.3 is 5.97 Å². The Morgan fingerprint density at radius 2 is 1.74 bits per heavy atom. The van der Waals surface area contributed by atoms with Crippen molar-refractivity contribution in [3.05, 3.63) is 76.7 Å². The number of benzene rings is 2. The summed E-state index contributed by atoms with van der Waals surface area (Å²) in [6, 6.07) is 11.2. The van der Waals surface area contributed by atoms with Gasteiger partial charge in [0.1, 0.15) is 5.82 Å². The predicted molar refractivity (Wildman–Crippen MR) is 77.8 cm³/mol. The quantitative estimate of drug-likeness (QED) is 0.636. The van der Waals surface area contributed by atoms with Crippen LogP contribution in [-0.4, -0.2) is 17.8 Å². The summed E-state index contributed by atoms with van der Waals surface area (Å²) in [6.45, 7) is 0. The van der Waals surface area contributed by atoms with Gasteiger partial charge in [-0.3, -0.25) is 0 Å². The highest BCUT2D eigenvalue weighted by Crippen LogP contribution is 2.19. The van der Waals surface area contributed by atoms with Gasteiger partial charge in [0.25, 0.3) is 0 Å². The van der Waals surface area contributed by atoms with Crippen LogP contribution in [0.25, 0.3) is 6.08 Å². The van der Waals surface area contributed by atoms with Crippen LogP contribution in [0.15, 0.2) is 59.2 Å². The summed E-state index contributed by atoms with van der Waals surface area (Å²) in [6.07, 6.45) is 1.47. The van der Waals surface area contributed by atoms with E-state index >= 15 is 0 Å². The number of carboxylic acid groups (broad SMARTS) is 1. The SMILES string of the molecule is O=C1OC(c2ccc(F)cc2)=N/C1=C\c1ccc(C(=O)[O-])cc1. The van der Waals surface area contributed by atoms with Gasteiger partial charge in [0.15, 0.2) is 5.70 Å². The Morgan fingerprint density at radius 1 is 1.09 bits per heavy atom. The van der Waals surface area contributed by atoms with E-state index in [1.54, 1.807) is 0 Å². The largest absolute Gasteiger partial charge is 0.545 e. The maximum atomic E-state index is 12.9. The molecule has 2 aromatic carbocycles. The highest BCUT2D eigenvalue weighted by atomic mass is 19.1. The van der Waals surface area contributed by atoms with E-state index in [4.69, 9.17) is 4.74 Å². The van der Waals surface area contributed by atoms with Crippen molar-refractivity contribution >= 4 is 23.9 Å². The molecule has 114 valence electrons. The van der Waals surface area contributed by atoms with Crippen molar-refractivity contribution in [1.82, 2.24) is 0 Å². The third-order valence-electron chi connectivity index (χ3n) is 3.16. The number of cyclic esters (lactones) is 1. The van der Waals surface area contributed by atoms with Crippen molar-refractivity contribution < 1.29 is 23.8 Å². The lowest BCUT2D eigenvalue weighted by atomic mass is 10.1. The van der Waals surface area contributed by atoms with Gasteiger partial charge in [0, 0.05) is 5.56 Å². The molecule has 0 aliphatic carbocycles. The molecule has 1 aliphatic heterocycles. The highest BCUT2D eigenvalue weighted by molar-refractivity contribution is 6.12. The van der Waals surface area contributed by atoms with Crippen LogP contribution in [0.1, 0.15) is 21.5 Å². The molecule has 0 saturated heterocycles. The number of carbonyl (C=O) groups excluding carboxylic acids is 2. The molecule has 0 saturated carbocycles. The summed E-state index contributed by atoms with van der Waals surface area (Å²) < 4.78 is 17.9. The number of hydrogen-bond acceptors (Lipinski definition) is 5. The molecule has 0 radical (unpaired) electrons. The Bertz CT molecular complexity index is 836. The number of aromatic carboxylic acids is 1. The van der Waals surface area contributed by atoms with Crippen molar-refractivity contribution in [3.63, 3.8) is 0 Å². The summed E-state index contributed by atoms with van der Waals surface area (Å²) in [4.78, 5) is 26.6. The lowest BCUT2D eigenvalue weighted by Gasteiger charge is -2.01. The van der Waals surface area contributed by atoms with Gasteiger partial charge in [-0.1, -0.05) is 24.3 Å². The van der Waals surface area contributed by atoms with Crippen LogP contribution >= 0.6 is 0 Å². The fourth-order valence-electron chi connectivity index (χ4n) is 2.00. The van der Waals surface area contributed by atoms with E-state index in [1.165, 1.54) is 54.6 Å². The Labute approximate surface area is 130 Å². The van der Waals surface area contributed by atoms with Crippen LogP contribution in [0.4, 0.5) is 4.39 Å². The molecule has 1 aliphatic rings. The van der Waals surface area contributed by atoms with E-state index in [0.717, 1.165) is 0 Å². The smallest absolute Gasteiger partial charge is 0.363 e. The molecule has 0 aromatic heterocycles. The average Bonchev–Trinajstić information content (AvgIpc) is 2.89. The standard InChI is InChI=1S/C17H10FNO4/c18-13-7-5-11(6-8-13)15-19-14(17(22)23-15)9-10-1-3-12(4-2-10)16(20)21/h1-9H,(H,20,21)/p-1/b14-9-. The number of halogens is 1. The van der Waals surface area contributed by atoms with E-state index in [-0.39, 0.29) is 17.2 Å². The fourth-order valence-corrected chi connectivity index (χ4v) is 2.00. The van der Waals surface area contributed by atoms with Gasteiger partial charge in [-0.05, 0) is 41.5 Å². The fraction of sp³-hybridized carbons (Fsp3) is 0. The highest BCUT2D eigenvalue weighted by Gasteiger charge is 2.24. The topological polar surface area (TPSA) is 78.8 Å². The molecule has 0 fully saturated rings. The second-order valence-electron chi connectivity index (χ2n) is 4.75. The second kappa shape index (κ2) is 5.84. The first-order valence-electron chi connectivity index (χ1n) is 6.63. The molecule has 2 aromatic rings. The van der Waals surface area contributed by atoms with E-state index in [1.807, 2.05) is 0 Å². The van der Waals surface area contributed by atoms with Gasteiger partial charge in [0.2, 0.25) is 5.90 Å². The molecule has 5 nitrogen and oxygen atoms in total. The number of nitrogens with zero attached hydrogens (tertiary/aromatic N) is 1. The average molecular weight is 310 g/mol. The summed E-state index contributed by atoms with van der Waals surface area (Å²) in [5.74, 6) is -2.22. The summed E-state index contributed by atoms with van der Waals surface area (Å²) in [5, 5.41) is 10.7. The molecule has 0 unspecified atom stereocenters. The molecule has 1 heterocycles. The van der Waals surface area contributed by atoms with Gasteiger partial charge in [-0.2, -0.15) is 0 Å². The van der Waals surface area contributed by atoms with E-state index in [9.17, 15) is 19.1 Å². The minimum atomic E-state index is -1.28. The molecule has 6 heteroatoms. The number of carboxylic acids is 1. The van der Waals surface area contributed by atoms with Crippen molar-refractivity contribution in [2.24, 2.45) is 4.99 Å². The van der Waals surface area contributed by atoms with Crippen LogP contribution in [0.3, 0.4) is 0 Å². The Balaban J connectivity index is 1.88. The molecule has 0 N–H and O–H groups in total. The van der Waals surface area contributed by atoms with Crippen LogP contribution in [0, 0.1) is 5.82 Å². The van der Waals surface area contributed by atoms with Crippen LogP contribution in [0.2, 0.25) is 0 Å². The summed E-state index contributed by atoms with van der Waals surface area (Å²) in [5.41, 5.74) is 1.18. The van der Waals surface area contributed by atoms with Crippen molar-refractivity contribution in [1.29, 1.82) is 0 Å². The predicted octanol–water partition coefficient (Wildman–Crippen LogP) is 1.53. The van der Waals surface area contributed by atoms with E-state index in [2.05, 4.69) is 4.99 Å². The van der Waals surface area contributed by atoms with E-state index in [0.29, 0.717) is 11.1 Å². The zero-order valence-corrected chi connectivity index (χ0v) is 11.7. The molecule has 0 bridgehead atoms. The zero-order chi connectivity index (χ0) is 16.4. The number of ether oxygens (including phenoxy) is 1. The van der Waals surface area contributed by atoms with Gasteiger partial charge in [-0.15, -0.1) is 0 Å². The first-order valence-corrected chi connectivity index (χ1v) is 6.63. The van der Waals surface area contributed by atoms with Crippen molar-refractivity contribution in [3.8, 4) is 0 Å². The van der Waals surface area contributed by atoms with Gasteiger partial charge in [-0.25, -0.2) is 14.2 Å². The number of carbonyl (C=O) groups is 2. The normalized spacial score (nSPS) is 15.4. The van der Waals surface area contributed by atoms with Crippen molar-refractivity contribution in [2.75, 3.05) is 0 Å². The molecule has 0 atom stereocenters. The maximum absolute atomic E-state index is 12.9. The second-order valence-corrected chi connectivity index (χ2v) is 4.75. The van der Waals surface area contributed by atoms with Gasteiger partial charge in [0.05, 0.1) is 5.97 Å². The lowest BCUT2D eigenvalue weighted by Crippen LogP contribution is -2.21. The number of hydrogen-bond donors (Lipinski definition) is 0. The van der Waals surface area contributed by atoms with Crippen molar-refractivity contribution in [2.45, 2.75) is 0 Å². The molecular formula is C17H9FNO4-.